The van der Waals surface area contributed by atoms with Crippen LogP contribution in [0.25, 0.3) is 0 Å². The fourth-order valence-corrected chi connectivity index (χ4v) is 5.66. The molecule has 1 aliphatic heterocycles. The predicted molar refractivity (Wildman–Crippen MR) is 149 cm³/mol. The Labute approximate surface area is 216 Å². The van der Waals surface area contributed by atoms with Crippen molar-refractivity contribution < 1.29 is 4.39 Å². The maximum Gasteiger partial charge on any atom is 0.127 e. The smallest absolute Gasteiger partial charge is 0.127 e. The zero-order valence-corrected chi connectivity index (χ0v) is 23.6. The number of unbranched alkanes of at least 4 members (excludes halogenated alkanes) is 2. The molecule has 5 heteroatoms. The Morgan fingerprint density at radius 1 is 0.886 bits per heavy atom. The highest BCUT2D eigenvalue weighted by Gasteiger charge is 2.35. The molecule has 2 rings (SSSR count). The third-order valence-electron chi connectivity index (χ3n) is 7.79. The van der Waals surface area contributed by atoms with Crippen LogP contribution in [-0.2, 0) is 6.54 Å². The first-order valence-electron chi connectivity index (χ1n) is 14.6. The van der Waals surface area contributed by atoms with E-state index >= 15 is 0 Å². The number of halogens is 1. The van der Waals surface area contributed by atoms with E-state index in [0.717, 1.165) is 50.2 Å². The monoisotopic (exact) mass is 490 g/mol. The molecule has 202 valence electrons. The largest absolute Gasteiger partial charge is 0.311 e. The van der Waals surface area contributed by atoms with Crippen molar-refractivity contribution in [2.45, 2.75) is 98.1 Å². The van der Waals surface area contributed by atoms with Crippen LogP contribution in [0.4, 0.5) is 4.39 Å². The van der Waals surface area contributed by atoms with Gasteiger partial charge < -0.3 is 10.6 Å². The van der Waals surface area contributed by atoms with Gasteiger partial charge in [0.1, 0.15) is 5.82 Å². The zero-order chi connectivity index (χ0) is 25.5. The van der Waals surface area contributed by atoms with Crippen molar-refractivity contribution in [3.8, 4) is 0 Å². The molecule has 35 heavy (non-hydrogen) atoms. The first-order chi connectivity index (χ1) is 16.9. The van der Waals surface area contributed by atoms with Crippen LogP contribution in [0.1, 0.15) is 91.5 Å². The Morgan fingerprint density at radius 2 is 1.46 bits per heavy atom. The van der Waals surface area contributed by atoms with E-state index in [2.05, 4.69) is 55.1 Å². The number of nitrogens with zero attached hydrogens (tertiary/aromatic N) is 2. The topological polar surface area (TPSA) is 30.5 Å². The van der Waals surface area contributed by atoms with E-state index in [1.165, 1.54) is 70.5 Å². The lowest BCUT2D eigenvalue weighted by Crippen LogP contribution is -2.65. The summed E-state index contributed by atoms with van der Waals surface area (Å²) in [6.07, 6.45) is 10.5. The molecule has 1 heterocycles. The molecule has 0 radical (unpaired) electrons. The van der Waals surface area contributed by atoms with E-state index in [1.54, 1.807) is 6.07 Å². The number of nitrogens with one attached hydrogen (secondary N) is 2. The number of rotatable bonds is 18. The van der Waals surface area contributed by atoms with Crippen LogP contribution >= 0.6 is 0 Å². The summed E-state index contributed by atoms with van der Waals surface area (Å²) in [5.74, 6) is 1.47. The molecular formula is C30H55FN4. The number of hydrogen-bond acceptors (Lipinski definition) is 4. The highest BCUT2D eigenvalue weighted by atomic mass is 19.1. The second kappa shape index (κ2) is 16.7. The minimum absolute atomic E-state index is 0.0734. The summed E-state index contributed by atoms with van der Waals surface area (Å²) in [6.45, 7) is 19.8. The van der Waals surface area contributed by atoms with Gasteiger partial charge in [0.2, 0.25) is 0 Å². The van der Waals surface area contributed by atoms with E-state index in [-0.39, 0.29) is 11.4 Å². The van der Waals surface area contributed by atoms with Gasteiger partial charge in [-0.25, -0.2) is 4.39 Å². The normalized spacial score (nSPS) is 21.3. The van der Waals surface area contributed by atoms with Crippen molar-refractivity contribution in [1.29, 1.82) is 0 Å². The first-order valence-corrected chi connectivity index (χ1v) is 14.6. The Balaban J connectivity index is 1.94. The van der Waals surface area contributed by atoms with Crippen molar-refractivity contribution in [3.63, 3.8) is 0 Å². The van der Waals surface area contributed by atoms with Crippen LogP contribution in [0.5, 0.6) is 0 Å². The van der Waals surface area contributed by atoms with E-state index < -0.39 is 0 Å². The van der Waals surface area contributed by atoms with Gasteiger partial charge in [-0.3, -0.25) is 9.80 Å². The lowest BCUT2D eigenvalue weighted by Gasteiger charge is -2.48. The molecule has 2 N–H and O–H groups in total. The van der Waals surface area contributed by atoms with E-state index in [4.69, 9.17) is 0 Å². The van der Waals surface area contributed by atoms with E-state index in [9.17, 15) is 4.39 Å². The van der Waals surface area contributed by atoms with Gasteiger partial charge in [0.05, 0.1) is 6.67 Å². The SMILES string of the molecule is CCCCC(CC)CN1CN(CC(CC)CCCC)CC(C)(NCCNCc2ccccc2F)C1. The second-order valence-corrected chi connectivity index (χ2v) is 11.3. The predicted octanol–water partition coefficient (Wildman–Crippen LogP) is 6.27. The Hall–Kier alpha value is -1.01. The van der Waals surface area contributed by atoms with Crippen LogP contribution in [0.3, 0.4) is 0 Å². The minimum Gasteiger partial charge on any atom is -0.311 e. The standard InChI is InChI=1S/C30H55FN4/c1-6-10-14-26(8-3)21-34-23-30(5,24-35(25-34)22-27(9-4)15-11-7-2)33-19-18-32-20-28-16-12-13-17-29(28)31/h12-13,16-17,26-27,32-33H,6-11,14-15,18-25H2,1-5H3. The summed E-state index contributed by atoms with van der Waals surface area (Å²) in [6, 6.07) is 7.05. The van der Waals surface area contributed by atoms with E-state index in [1.807, 2.05) is 12.1 Å². The summed E-state index contributed by atoms with van der Waals surface area (Å²) >= 11 is 0. The third-order valence-corrected chi connectivity index (χ3v) is 7.79. The summed E-state index contributed by atoms with van der Waals surface area (Å²) in [4.78, 5) is 5.44. The van der Waals surface area contributed by atoms with Crippen LogP contribution in [-0.4, -0.2) is 61.3 Å². The molecule has 0 saturated carbocycles. The summed E-state index contributed by atoms with van der Waals surface area (Å²) < 4.78 is 13.9. The van der Waals surface area contributed by atoms with Crippen molar-refractivity contribution >= 4 is 0 Å². The summed E-state index contributed by atoms with van der Waals surface area (Å²) in [5, 5.41) is 7.31. The molecule has 1 fully saturated rings. The molecule has 2 atom stereocenters. The van der Waals surface area contributed by atoms with Gasteiger partial charge in [-0.2, -0.15) is 0 Å². The quantitative estimate of drug-likeness (QED) is 0.237. The molecule has 0 spiro atoms. The maximum absolute atomic E-state index is 13.9. The molecule has 1 aliphatic rings. The van der Waals surface area contributed by atoms with Gasteiger partial charge >= 0.3 is 0 Å². The molecule has 1 aromatic carbocycles. The van der Waals surface area contributed by atoms with Crippen molar-refractivity contribution in [3.05, 3.63) is 35.6 Å². The molecule has 4 nitrogen and oxygen atoms in total. The van der Waals surface area contributed by atoms with Gasteiger partial charge in [-0.15, -0.1) is 0 Å². The lowest BCUT2D eigenvalue weighted by molar-refractivity contribution is 0.00519. The fraction of sp³-hybridized carbons (Fsp3) is 0.800. The Bertz CT molecular complexity index is 656. The van der Waals surface area contributed by atoms with Crippen molar-refractivity contribution in [2.24, 2.45) is 11.8 Å². The molecular weight excluding hydrogens is 435 g/mol. The zero-order valence-electron chi connectivity index (χ0n) is 23.6. The lowest BCUT2D eigenvalue weighted by atomic mass is 9.93. The molecule has 1 saturated heterocycles. The van der Waals surface area contributed by atoms with Crippen LogP contribution in [0.15, 0.2) is 24.3 Å². The molecule has 0 amide bonds. The van der Waals surface area contributed by atoms with Gasteiger partial charge in [-0.05, 0) is 37.7 Å². The van der Waals surface area contributed by atoms with Crippen LogP contribution in [0.2, 0.25) is 0 Å². The van der Waals surface area contributed by atoms with Gasteiger partial charge in [0.25, 0.3) is 0 Å². The minimum atomic E-state index is -0.124. The van der Waals surface area contributed by atoms with E-state index in [0.29, 0.717) is 6.54 Å². The van der Waals surface area contributed by atoms with Crippen LogP contribution < -0.4 is 10.6 Å². The summed E-state index contributed by atoms with van der Waals surface area (Å²) in [7, 11) is 0. The van der Waals surface area contributed by atoms with Crippen molar-refractivity contribution in [1.82, 2.24) is 20.4 Å². The van der Waals surface area contributed by atoms with Gasteiger partial charge in [0.15, 0.2) is 0 Å². The summed E-state index contributed by atoms with van der Waals surface area (Å²) in [5.41, 5.74) is 0.813. The fourth-order valence-electron chi connectivity index (χ4n) is 5.66. The number of benzene rings is 1. The van der Waals surface area contributed by atoms with Crippen LogP contribution in [0, 0.1) is 17.7 Å². The Morgan fingerprint density at radius 3 is 1.97 bits per heavy atom. The molecule has 2 unspecified atom stereocenters. The van der Waals surface area contributed by atoms with Gasteiger partial charge in [-0.1, -0.05) is 84.4 Å². The second-order valence-electron chi connectivity index (χ2n) is 11.3. The molecule has 0 bridgehead atoms. The molecule has 1 aromatic rings. The average molecular weight is 491 g/mol. The van der Waals surface area contributed by atoms with Crippen molar-refractivity contribution in [2.75, 3.05) is 45.9 Å². The average Bonchev–Trinajstić information content (AvgIpc) is 2.84. The third kappa shape index (κ3) is 11.3. The first kappa shape index (κ1) is 30.2. The highest BCUT2D eigenvalue weighted by molar-refractivity contribution is 5.16. The highest BCUT2D eigenvalue weighted by Crippen LogP contribution is 2.23. The van der Waals surface area contributed by atoms with Gasteiger partial charge in [0, 0.05) is 56.9 Å². The number of hydrogen-bond donors (Lipinski definition) is 2. The maximum atomic E-state index is 13.9. The molecule has 0 aliphatic carbocycles. The Kier molecular flexibility index (Phi) is 14.4. The molecule has 0 aromatic heterocycles.